The normalized spacial score (nSPS) is 11.4. The summed E-state index contributed by atoms with van der Waals surface area (Å²) < 4.78 is 0. The van der Waals surface area contributed by atoms with E-state index >= 15 is 0 Å². The van der Waals surface area contributed by atoms with Gasteiger partial charge < -0.3 is 10.1 Å². The molecular formula is C24H16N6O2S. The first kappa shape index (κ1) is 19.3. The van der Waals surface area contributed by atoms with E-state index in [1.165, 1.54) is 17.5 Å². The van der Waals surface area contributed by atoms with E-state index in [2.05, 4.69) is 30.1 Å². The average Bonchev–Trinajstić information content (AvgIpc) is 3.55. The van der Waals surface area contributed by atoms with Crippen LogP contribution in [0.25, 0.3) is 55.0 Å². The summed E-state index contributed by atoms with van der Waals surface area (Å²) in [6.07, 6.45) is 6.53. The molecule has 0 spiro atoms. The predicted octanol–water partition coefficient (Wildman–Crippen LogP) is 5.20. The molecule has 6 heterocycles. The number of H-pyrrole nitrogens is 2. The fourth-order valence-electron chi connectivity index (χ4n) is 3.90. The minimum Gasteiger partial charge on any atom is -0.506 e. The summed E-state index contributed by atoms with van der Waals surface area (Å²) in [5, 5.41) is 19.0. The lowest BCUT2D eigenvalue weighted by atomic mass is 10.1. The van der Waals surface area contributed by atoms with Gasteiger partial charge in [0.05, 0.1) is 22.5 Å². The first-order valence-corrected chi connectivity index (χ1v) is 11.0. The molecule has 8 nitrogen and oxygen atoms in total. The van der Waals surface area contributed by atoms with Gasteiger partial charge in [0.25, 0.3) is 0 Å². The molecule has 6 rings (SSSR count). The average molecular weight is 452 g/mol. The van der Waals surface area contributed by atoms with E-state index in [1.54, 1.807) is 31.6 Å². The summed E-state index contributed by atoms with van der Waals surface area (Å²) in [7, 11) is 0. The van der Waals surface area contributed by atoms with Gasteiger partial charge in [0, 0.05) is 50.9 Å². The molecule has 0 atom stereocenters. The Morgan fingerprint density at radius 1 is 1.00 bits per heavy atom. The molecule has 160 valence electrons. The van der Waals surface area contributed by atoms with Gasteiger partial charge in [-0.05, 0) is 43.3 Å². The highest BCUT2D eigenvalue weighted by molar-refractivity contribution is 7.17. The number of fused-ring (bicyclic) bond motifs is 2. The van der Waals surface area contributed by atoms with Crippen LogP contribution in [-0.4, -0.2) is 41.0 Å². The first-order valence-electron chi connectivity index (χ1n) is 10.1. The molecule has 0 bridgehead atoms. The molecule has 0 saturated carbocycles. The van der Waals surface area contributed by atoms with Crippen LogP contribution in [0.3, 0.4) is 0 Å². The zero-order valence-electron chi connectivity index (χ0n) is 17.3. The van der Waals surface area contributed by atoms with Crippen molar-refractivity contribution in [2.24, 2.45) is 0 Å². The van der Waals surface area contributed by atoms with Gasteiger partial charge in [0.2, 0.25) is 0 Å². The van der Waals surface area contributed by atoms with E-state index in [0.717, 1.165) is 54.3 Å². The Kier molecular flexibility index (Phi) is 4.30. The Labute approximate surface area is 191 Å². The lowest BCUT2D eigenvalue weighted by Crippen LogP contribution is -1.84. The standard InChI is InChI=1S/C24H16N6O2S/c1-12(31)20-2-3-21(33-20)16-4-5-26-23-17(16)8-19(28-23)22-18-7-14(10-27-24(18)30-29-22)13-6-15(32)11-25-9-13/h2-11,32H,1H3,(H,26,28)(H,27,29,30). The Morgan fingerprint density at radius 2 is 1.88 bits per heavy atom. The molecule has 0 fully saturated rings. The smallest absolute Gasteiger partial charge is 0.181 e. The number of aromatic nitrogens is 6. The molecule has 0 aromatic carbocycles. The van der Waals surface area contributed by atoms with Crippen molar-refractivity contribution in [3.63, 3.8) is 0 Å². The summed E-state index contributed by atoms with van der Waals surface area (Å²) in [6.45, 7) is 1.57. The first-order chi connectivity index (χ1) is 16.1. The van der Waals surface area contributed by atoms with Gasteiger partial charge >= 0.3 is 0 Å². The molecule has 0 unspecified atom stereocenters. The molecule has 0 aliphatic carbocycles. The maximum Gasteiger partial charge on any atom is 0.181 e. The minimum atomic E-state index is 0.0560. The van der Waals surface area contributed by atoms with Gasteiger partial charge in [-0.2, -0.15) is 5.10 Å². The zero-order valence-corrected chi connectivity index (χ0v) is 18.1. The van der Waals surface area contributed by atoms with E-state index in [-0.39, 0.29) is 11.5 Å². The van der Waals surface area contributed by atoms with Gasteiger partial charge in [-0.15, -0.1) is 11.3 Å². The Balaban J connectivity index is 1.48. The number of aromatic hydroxyl groups is 1. The largest absolute Gasteiger partial charge is 0.506 e. The van der Waals surface area contributed by atoms with Crippen molar-refractivity contribution in [2.75, 3.05) is 0 Å². The van der Waals surface area contributed by atoms with Crippen LogP contribution < -0.4 is 0 Å². The highest BCUT2D eigenvalue weighted by Crippen LogP contribution is 2.36. The molecular weight excluding hydrogens is 436 g/mol. The summed E-state index contributed by atoms with van der Waals surface area (Å²) in [5.41, 5.74) is 5.52. The number of thiophene rings is 1. The molecule has 0 aliphatic heterocycles. The van der Waals surface area contributed by atoms with Crippen molar-refractivity contribution in [2.45, 2.75) is 6.92 Å². The van der Waals surface area contributed by atoms with E-state index in [9.17, 15) is 9.90 Å². The number of rotatable bonds is 4. The van der Waals surface area contributed by atoms with Crippen molar-refractivity contribution in [3.05, 3.63) is 66.1 Å². The zero-order chi connectivity index (χ0) is 22.5. The molecule has 3 N–H and O–H groups in total. The van der Waals surface area contributed by atoms with E-state index in [1.807, 2.05) is 30.3 Å². The second-order valence-corrected chi connectivity index (χ2v) is 8.73. The lowest BCUT2D eigenvalue weighted by Gasteiger charge is -2.02. The number of Topliss-reactive ketones (excluding diaryl/α,β-unsaturated/α-hetero) is 1. The minimum absolute atomic E-state index is 0.0560. The fraction of sp³-hybridized carbons (Fsp3) is 0.0417. The second-order valence-electron chi connectivity index (χ2n) is 7.65. The Hall–Kier alpha value is -4.37. The van der Waals surface area contributed by atoms with Gasteiger partial charge in [-0.25, -0.2) is 9.97 Å². The van der Waals surface area contributed by atoms with Crippen LogP contribution in [0, 0.1) is 0 Å². The van der Waals surface area contributed by atoms with Crippen molar-refractivity contribution in [3.8, 4) is 38.7 Å². The molecule has 0 radical (unpaired) electrons. The van der Waals surface area contributed by atoms with Crippen LogP contribution in [0.4, 0.5) is 0 Å². The molecule has 6 aromatic heterocycles. The molecule has 9 heteroatoms. The third-order valence-electron chi connectivity index (χ3n) is 5.49. The SMILES string of the molecule is CC(=O)c1ccc(-c2ccnc3[nH]c(-c4[nH]nc5ncc(-c6cncc(O)c6)cc45)cc23)s1. The third-order valence-corrected chi connectivity index (χ3v) is 6.71. The van der Waals surface area contributed by atoms with Crippen molar-refractivity contribution in [1.82, 2.24) is 30.1 Å². The highest BCUT2D eigenvalue weighted by Gasteiger charge is 2.16. The molecule has 6 aromatic rings. The summed E-state index contributed by atoms with van der Waals surface area (Å²) >= 11 is 1.47. The number of pyridine rings is 3. The Bertz CT molecular complexity index is 1680. The monoisotopic (exact) mass is 452 g/mol. The highest BCUT2D eigenvalue weighted by atomic mass is 32.1. The number of nitrogens with one attached hydrogen (secondary N) is 2. The number of carbonyl (C=O) groups excluding carboxylic acids is 1. The Morgan fingerprint density at radius 3 is 2.70 bits per heavy atom. The topological polar surface area (TPSA) is 120 Å². The number of hydrogen-bond donors (Lipinski definition) is 3. The molecule has 0 amide bonds. The van der Waals surface area contributed by atoms with Gasteiger partial charge in [-0.1, -0.05) is 0 Å². The number of aromatic amines is 2. The molecule has 0 aliphatic rings. The maximum absolute atomic E-state index is 11.7. The van der Waals surface area contributed by atoms with Crippen molar-refractivity contribution in [1.29, 1.82) is 0 Å². The second kappa shape index (κ2) is 7.35. The summed E-state index contributed by atoms with van der Waals surface area (Å²) in [5.74, 6) is 0.149. The van der Waals surface area contributed by atoms with Gasteiger partial charge in [-0.3, -0.25) is 14.9 Å². The van der Waals surface area contributed by atoms with Crippen molar-refractivity contribution < 1.29 is 9.90 Å². The maximum atomic E-state index is 11.7. The van der Waals surface area contributed by atoms with Gasteiger partial charge in [0.15, 0.2) is 11.4 Å². The van der Waals surface area contributed by atoms with Crippen LogP contribution >= 0.6 is 11.3 Å². The number of carbonyl (C=O) groups is 1. The van der Waals surface area contributed by atoms with Gasteiger partial charge in [0.1, 0.15) is 11.4 Å². The summed E-state index contributed by atoms with van der Waals surface area (Å²) in [4.78, 5) is 29.9. The quantitative estimate of drug-likeness (QED) is 0.316. The number of hydrogen-bond acceptors (Lipinski definition) is 7. The van der Waals surface area contributed by atoms with Crippen LogP contribution in [0.2, 0.25) is 0 Å². The van der Waals surface area contributed by atoms with Crippen LogP contribution in [0.5, 0.6) is 5.75 Å². The van der Waals surface area contributed by atoms with E-state index in [0.29, 0.717) is 5.65 Å². The number of nitrogens with zero attached hydrogens (tertiary/aromatic N) is 4. The van der Waals surface area contributed by atoms with Crippen molar-refractivity contribution >= 4 is 39.2 Å². The summed E-state index contributed by atoms with van der Waals surface area (Å²) in [6, 6.07) is 11.4. The fourth-order valence-corrected chi connectivity index (χ4v) is 4.84. The lowest BCUT2D eigenvalue weighted by molar-refractivity contribution is 0.102. The predicted molar refractivity (Wildman–Crippen MR) is 127 cm³/mol. The number of ketones is 1. The van der Waals surface area contributed by atoms with Crippen LogP contribution in [-0.2, 0) is 0 Å². The van der Waals surface area contributed by atoms with Crippen LogP contribution in [0.1, 0.15) is 16.6 Å². The van der Waals surface area contributed by atoms with E-state index in [4.69, 9.17) is 0 Å². The molecule has 0 saturated heterocycles. The molecule has 33 heavy (non-hydrogen) atoms. The van der Waals surface area contributed by atoms with E-state index < -0.39 is 0 Å². The third kappa shape index (κ3) is 3.26. The van der Waals surface area contributed by atoms with Crippen LogP contribution in [0.15, 0.2) is 61.2 Å².